The van der Waals surface area contributed by atoms with Crippen LogP contribution in [0.2, 0.25) is 0 Å². The fourth-order valence-corrected chi connectivity index (χ4v) is 7.16. The lowest BCUT2D eigenvalue weighted by molar-refractivity contribution is -0.144. The molecule has 1 aliphatic heterocycles. The molecule has 1 fully saturated rings. The van der Waals surface area contributed by atoms with Crippen molar-refractivity contribution >= 4 is 35.4 Å². The standard InChI is InChI=1S/C40H42N6O7S/c1-26(47)51-24-33-34(25-54-40-46-45-38(53-40)30-19-21-41-22-20-30)52-31(23-42-33)18-17-27-11-9-10-16-32(27)43-37(48)36(44-39(49)50-2)35(28-12-5-3-6-13-28)29-14-7-4-8-15-29/h3-16,19-22,31,33-36,42H,17-18,23-25H2,1-2H3,(H,43,48)(H,44,49)/t31-,33-,34-,36?/m1/s1. The van der Waals surface area contributed by atoms with Crippen LogP contribution in [0.25, 0.3) is 11.5 Å². The van der Waals surface area contributed by atoms with Gasteiger partial charge in [0.2, 0.25) is 11.8 Å². The van der Waals surface area contributed by atoms with Crippen LogP contribution in [0.1, 0.15) is 36.0 Å². The van der Waals surface area contributed by atoms with E-state index < -0.39 is 18.1 Å². The molecule has 1 aliphatic rings. The van der Waals surface area contributed by atoms with Crippen molar-refractivity contribution in [3.63, 3.8) is 0 Å². The second-order valence-corrected chi connectivity index (χ2v) is 13.6. The van der Waals surface area contributed by atoms with Gasteiger partial charge in [0.05, 0.1) is 25.4 Å². The number of esters is 1. The zero-order valence-electron chi connectivity index (χ0n) is 29.9. The number of rotatable bonds is 15. The lowest BCUT2D eigenvalue weighted by atomic mass is 9.84. The maximum atomic E-state index is 14.2. The molecule has 3 heterocycles. The summed E-state index contributed by atoms with van der Waals surface area (Å²) in [4.78, 5) is 42.5. The first kappa shape index (κ1) is 38.2. The fraction of sp³-hybridized carbons (Fsp3) is 0.300. The first-order valence-electron chi connectivity index (χ1n) is 17.6. The number of nitrogens with one attached hydrogen (secondary N) is 3. The number of methoxy groups -OCH3 is 1. The van der Waals surface area contributed by atoms with Crippen LogP contribution in [0.5, 0.6) is 0 Å². The number of para-hydroxylation sites is 1. The Bertz CT molecular complexity index is 1930. The number of anilines is 1. The molecule has 14 heteroatoms. The highest BCUT2D eigenvalue weighted by atomic mass is 32.2. The molecule has 4 atom stereocenters. The van der Waals surface area contributed by atoms with E-state index in [-0.39, 0.29) is 36.7 Å². The Balaban J connectivity index is 1.14. The molecule has 2 amide bonds. The summed E-state index contributed by atoms with van der Waals surface area (Å²) >= 11 is 1.37. The average Bonchev–Trinajstić information content (AvgIpc) is 3.69. The third kappa shape index (κ3) is 10.3. The van der Waals surface area contributed by atoms with E-state index in [4.69, 9.17) is 18.6 Å². The van der Waals surface area contributed by atoms with Crippen molar-refractivity contribution in [2.24, 2.45) is 0 Å². The molecule has 0 aliphatic carbocycles. The number of hydrogen-bond acceptors (Lipinski definition) is 12. The molecule has 3 N–H and O–H groups in total. The highest BCUT2D eigenvalue weighted by Crippen LogP contribution is 2.31. The number of nitrogens with zero attached hydrogens (tertiary/aromatic N) is 3. The molecule has 280 valence electrons. The van der Waals surface area contributed by atoms with Crippen molar-refractivity contribution in [2.45, 2.75) is 55.2 Å². The molecular weight excluding hydrogens is 709 g/mol. The van der Waals surface area contributed by atoms with Crippen molar-refractivity contribution in [1.29, 1.82) is 0 Å². The number of carbonyl (C=O) groups is 3. The first-order valence-corrected chi connectivity index (χ1v) is 18.6. The molecule has 1 saturated heterocycles. The van der Waals surface area contributed by atoms with Crippen LogP contribution in [0.3, 0.4) is 0 Å². The predicted octanol–water partition coefficient (Wildman–Crippen LogP) is 5.64. The zero-order chi connectivity index (χ0) is 37.7. The highest BCUT2D eigenvalue weighted by molar-refractivity contribution is 7.99. The number of amides is 2. The van der Waals surface area contributed by atoms with E-state index in [1.807, 2.05) is 84.9 Å². The number of alkyl carbamates (subject to hydrolysis) is 1. The summed E-state index contributed by atoms with van der Waals surface area (Å²) in [5.74, 6) is -0.390. The van der Waals surface area contributed by atoms with Gasteiger partial charge >= 0.3 is 12.1 Å². The topological polar surface area (TPSA) is 167 Å². The third-order valence-corrected chi connectivity index (χ3v) is 9.90. The molecule has 3 aromatic carbocycles. The number of pyridine rings is 1. The first-order chi connectivity index (χ1) is 26.4. The van der Waals surface area contributed by atoms with Crippen molar-refractivity contribution in [2.75, 3.05) is 31.3 Å². The molecule has 0 bridgehead atoms. The number of ether oxygens (including phenoxy) is 3. The summed E-state index contributed by atoms with van der Waals surface area (Å²) in [6.45, 7) is 2.07. The predicted molar refractivity (Wildman–Crippen MR) is 203 cm³/mol. The molecule has 0 spiro atoms. The number of aromatic nitrogens is 3. The van der Waals surface area contributed by atoms with Crippen LogP contribution in [-0.4, -0.2) is 83.5 Å². The number of morpholine rings is 1. The maximum absolute atomic E-state index is 14.2. The summed E-state index contributed by atoms with van der Waals surface area (Å²) in [5, 5.41) is 18.1. The van der Waals surface area contributed by atoms with Gasteiger partial charge < -0.3 is 34.6 Å². The van der Waals surface area contributed by atoms with Gasteiger partial charge in [-0.3, -0.25) is 14.6 Å². The minimum Gasteiger partial charge on any atom is -0.464 e. The van der Waals surface area contributed by atoms with Crippen molar-refractivity contribution in [3.05, 3.63) is 126 Å². The van der Waals surface area contributed by atoms with Gasteiger partial charge in [-0.1, -0.05) is 90.6 Å². The van der Waals surface area contributed by atoms with Crippen molar-refractivity contribution in [3.8, 4) is 11.5 Å². The third-order valence-electron chi connectivity index (χ3n) is 9.00. The summed E-state index contributed by atoms with van der Waals surface area (Å²) < 4.78 is 22.7. The van der Waals surface area contributed by atoms with Crippen LogP contribution in [0.4, 0.5) is 10.5 Å². The summed E-state index contributed by atoms with van der Waals surface area (Å²) in [5.41, 5.74) is 4.03. The number of hydrogen-bond donors (Lipinski definition) is 3. The number of carbonyl (C=O) groups excluding carboxylic acids is 3. The second kappa shape index (κ2) is 19.0. The summed E-state index contributed by atoms with van der Waals surface area (Å²) in [6, 6.07) is 29.1. The SMILES string of the molecule is COC(=O)NC(C(=O)Nc1ccccc1CC[C@@H]1CN[C@H](COC(C)=O)[C@@H](CSc2nnc(-c3ccncc3)o2)O1)C(c1ccccc1)c1ccccc1. The molecule has 54 heavy (non-hydrogen) atoms. The highest BCUT2D eigenvalue weighted by Gasteiger charge is 2.34. The smallest absolute Gasteiger partial charge is 0.407 e. The van der Waals surface area contributed by atoms with E-state index >= 15 is 0 Å². The van der Waals surface area contributed by atoms with Crippen molar-refractivity contribution in [1.82, 2.24) is 25.8 Å². The zero-order valence-corrected chi connectivity index (χ0v) is 30.7. The van der Waals surface area contributed by atoms with Gasteiger partial charge in [-0.15, -0.1) is 10.2 Å². The number of thioether (sulfide) groups is 1. The monoisotopic (exact) mass is 750 g/mol. The minimum atomic E-state index is -0.992. The van der Waals surface area contributed by atoms with E-state index in [1.54, 1.807) is 24.5 Å². The number of benzene rings is 3. The lowest BCUT2D eigenvalue weighted by Crippen LogP contribution is -2.55. The van der Waals surface area contributed by atoms with Crippen LogP contribution < -0.4 is 16.0 Å². The minimum absolute atomic E-state index is 0.155. The Morgan fingerprint density at radius 2 is 1.61 bits per heavy atom. The molecule has 13 nitrogen and oxygen atoms in total. The summed E-state index contributed by atoms with van der Waals surface area (Å²) in [6.07, 6.45) is 3.31. The lowest BCUT2D eigenvalue weighted by Gasteiger charge is -2.37. The average molecular weight is 751 g/mol. The van der Waals surface area contributed by atoms with Gasteiger partial charge in [0, 0.05) is 48.8 Å². The van der Waals surface area contributed by atoms with Crippen molar-refractivity contribution < 1.29 is 33.0 Å². The van der Waals surface area contributed by atoms with E-state index in [9.17, 15) is 14.4 Å². The molecule has 5 aromatic rings. The molecule has 2 aromatic heterocycles. The molecule has 6 rings (SSSR count). The largest absolute Gasteiger partial charge is 0.464 e. The summed E-state index contributed by atoms with van der Waals surface area (Å²) in [7, 11) is 1.27. The molecule has 0 radical (unpaired) electrons. The number of aryl methyl sites for hydroxylation is 1. The quantitative estimate of drug-likeness (QED) is 0.0892. The Labute approximate surface area is 317 Å². The molecular formula is C40H42N6O7S. The normalized spacial score (nSPS) is 17.4. The van der Waals surface area contributed by atoms with Crippen LogP contribution in [0, 0.1) is 0 Å². The van der Waals surface area contributed by atoms with E-state index in [0.717, 1.165) is 22.3 Å². The Morgan fingerprint density at radius 1 is 0.926 bits per heavy atom. The van der Waals surface area contributed by atoms with Crippen LogP contribution >= 0.6 is 11.8 Å². The van der Waals surface area contributed by atoms with Gasteiger partial charge in [0.15, 0.2) is 0 Å². The Morgan fingerprint density at radius 3 is 2.30 bits per heavy atom. The maximum Gasteiger partial charge on any atom is 0.407 e. The van der Waals surface area contributed by atoms with E-state index in [0.29, 0.717) is 41.9 Å². The van der Waals surface area contributed by atoms with Gasteiger partial charge in [0.1, 0.15) is 12.6 Å². The fourth-order valence-electron chi connectivity index (χ4n) is 6.31. The second-order valence-electron chi connectivity index (χ2n) is 12.6. The van der Waals surface area contributed by atoms with Gasteiger partial charge in [-0.2, -0.15) is 0 Å². The molecule has 1 unspecified atom stereocenters. The van der Waals surface area contributed by atoms with Gasteiger partial charge in [0.25, 0.3) is 5.22 Å². The van der Waals surface area contributed by atoms with Crippen LogP contribution in [-0.2, 0) is 30.2 Å². The Hall–Kier alpha value is -5.57. The van der Waals surface area contributed by atoms with Gasteiger partial charge in [-0.25, -0.2) is 4.79 Å². The van der Waals surface area contributed by atoms with Gasteiger partial charge in [-0.05, 0) is 47.7 Å². The van der Waals surface area contributed by atoms with E-state index in [2.05, 4.69) is 31.1 Å². The van der Waals surface area contributed by atoms with Crippen LogP contribution in [0.15, 0.2) is 119 Å². The molecule has 0 saturated carbocycles. The Kier molecular flexibility index (Phi) is 13.4. The van der Waals surface area contributed by atoms with E-state index in [1.165, 1.54) is 25.8 Å².